The number of aliphatic hydroxyl groups is 1. The first-order valence-corrected chi connectivity index (χ1v) is 13.1. The van der Waals surface area contributed by atoms with Gasteiger partial charge in [-0.05, 0) is 42.8 Å². The van der Waals surface area contributed by atoms with E-state index in [0.717, 1.165) is 4.70 Å². The fourth-order valence-corrected chi connectivity index (χ4v) is 5.47. The highest BCUT2D eigenvalue weighted by molar-refractivity contribution is 7.22. The van der Waals surface area contributed by atoms with Crippen LogP contribution in [0, 0.1) is 0 Å². The number of hydrogen-bond acceptors (Lipinski definition) is 8. The molecule has 39 heavy (non-hydrogen) atoms. The third kappa shape index (κ3) is 4.84. The lowest BCUT2D eigenvalue weighted by atomic mass is 9.95. The molecule has 1 unspecified atom stereocenters. The van der Waals surface area contributed by atoms with Crippen molar-refractivity contribution in [3.63, 3.8) is 0 Å². The van der Waals surface area contributed by atoms with Gasteiger partial charge in [-0.25, -0.2) is 4.98 Å². The summed E-state index contributed by atoms with van der Waals surface area (Å²) in [5.74, 6) is -0.272. The molecule has 2 heterocycles. The maximum Gasteiger partial charge on any atom is 0.301 e. The molecule has 1 atom stereocenters. The van der Waals surface area contributed by atoms with Gasteiger partial charge >= 0.3 is 5.91 Å². The van der Waals surface area contributed by atoms with Crippen molar-refractivity contribution in [3.8, 4) is 17.2 Å². The van der Waals surface area contributed by atoms with E-state index in [-0.39, 0.29) is 17.9 Å². The van der Waals surface area contributed by atoms with E-state index in [0.29, 0.717) is 45.6 Å². The molecule has 1 aromatic heterocycles. The molecule has 4 aromatic rings. The van der Waals surface area contributed by atoms with Crippen LogP contribution in [0.3, 0.4) is 0 Å². The summed E-state index contributed by atoms with van der Waals surface area (Å²) in [5.41, 5.74) is 1.59. The zero-order valence-corrected chi connectivity index (χ0v) is 22.2. The molecule has 1 aliphatic rings. The maximum atomic E-state index is 13.6. The minimum atomic E-state index is -0.958. The molecule has 5 rings (SSSR count). The smallest absolute Gasteiger partial charge is 0.301 e. The van der Waals surface area contributed by atoms with Crippen molar-refractivity contribution in [3.05, 3.63) is 96.1 Å². The van der Waals surface area contributed by atoms with E-state index in [1.165, 1.54) is 16.2 Å². The number of hydrogen-bond donors (Lipinski definition) is 1. The van der Waals surface area contributed by atoms with E-state index < -0.39 is 17.7 Å². The molecule has 1 fully saturated rings. The van der Waals surface area contributed by atoms with E-state index in [2.05, 4.69) is 11.6 Å². The van der Waals surface area contributed by atoms with Crippen molar-refractivity contribution in [2.75, 3.05) is 25.2 Å². The standard InChI is InChI=1S/C30H26N2O6S/c1-4-15-38-22-14-11-19(16-23(22)37-5-2)26-25(27(33)18-9-7-6-8-10-18)28(34)29(35)32(26)30-31-21-13-12-20(36-3)17-24(21)39-30/h4,6-14,16-17,26,33H,1,5,15H2,2-3H3. The van der Waals surface area contributed by atoms with Gasteiger partial charge in [0.15, 0.2) is 16.6 Å². The number of benzene rings is 3. The zero-order valence-electron chi connectivity index (χ0n) is 21.4. The average molecular weight is 543 g/mol. The maximum absolute atomic E-state index is 13.6. The number of anilines is 1. The van der Waals surface area contributed by atoms with E-state index in [1.807, 2.05) is 13.0 Å². The number of aromatic nitrogens is 1. The van der Waals surface area contributed by atoms with E-state index >= 15 is 0 Å². The molecule has 198 valence electrons. The Kier molecular flexibility index (Phi) is 7.33. The van der Waals surface area contributed by atoms with Crippen molar-refractivity contribution in [1.29, 1.82) is 0 Å². The molecule has 1 N–H and O–H groups in total. The third-order valence-corrected chi connectivity index (χ3v) is 7.24. The Morgan fingerprint density at radius 2 is 1.87 bits per heavy atom. The fraction of sp³-hybridized carbons (Fsp3) is 0.167. The van der Waals surface area contributed by atoms with Crippen molar-refractivity contribution < 1.29 is 28.9 Å². The molecular formula is C30H26N2O6S. The van der Waals surface area contributed by atoms with Crippen LogP contribution in [0.2, 0.25) is 0 Å². The second-order valence-electron chi connectivity index (χ2n) is 8.60. The average Bonchev–Trinajstić information content (AvgIpc) is 3.50. The SMILES string of the molecule is C=CCOc1ccc(C2C(=C(O)c3ccccc3)C(=O)C(=O)N2c2nc3ccc(OC)cc3s2)cc1OCC. The van der Waals surface area contributed by atoms with Crippen LogP contribution in [-0.4, -0.2) is 42.1 Å². The molecule has 1 aliphatic heterocycles. The van der Waals surface area contributed by atoms with E-state index in [9.17, 15) is 14.7 Å². The van der Waals surface area contributed by atoms with Crippen LogP contribution in [0.5, 0.6) is 17.2 Å². The lowest BCUT2D eigenvalue weighted by molar-refractivity contribution is -0.132. The lowest BCUT2D eigenvalue weighted by Crippen LogP contribution is -2.29. The molecule has 0 bridgehead atoms. The number of ketones is 1. The molecule has 1 saturated heterocycles. The Balaban J connectivity index is 1.71. The number of nitrogens with zero attached hydrogens (tertiary/aromatic N) is 2. The number of fused-ring (bicyclic) bond motifs is 1. The van der Waals surface area contributed by atoms with Crippen molar-refractivity contribution >= 4 is 44.1 Å². The summed E-state index contributed by atoms with van der Waals surface area (Å²) >= 11 is 1.26. The second-order valence-corrected chi connectivity index (χ2v) is 9.61. The largest absolute Gasteiger partial charge is 0.507 e. The number of aliphatic hydroxyl groups excluding tert-OH is 1. The van der Waals surface area contributed by atoms with Gasteiger partial charge in [0.25, 0.3) is 5.78 Å². The summed E-state index contributed by atoms with van der Waals surface area (Å²) in [4.78, 5) is 33.1. The van der Waals surface area contributed by atoms with Crippen LogP contribution < -0.4 is 19.1 Å². The Morgan fingerprint density at radius 1 is 1.08 bits per heavy atom. The summed E-state index contributed by atoms with van der Waals surface area (Å²) < 4.78 is 17.7. The molecule has 1 amide bonds. The quantitative estimate of drug-likeness (QED) is 0.122. The van der Waals surface area contributed by atoms with Gasteiger partial charge < -0.3 is 19.3 Å². The van der Waals surface area contributed by atoms with E-state index in [1.54, 1.807) is 73.8 Å². The Hall–Kier alpha value is -4.63. The number of rotatable bonds is 9. The number of methoxy groups -OCH3 is 1. The molecule has 0 saturated carbocycles. The molecule has 0 aliphatic carbocycles. The van der Waals surface area contributed by atoms with Gasteiger partial charge in [-0.1, -0.05) is 60.4 Å². The van der Waals surface area contributed by atoms with Crippen LogP contribution in [0.4, 0.5) is 5.13 Å². The van der Waals surface area contributed by atoms with Crippen molar-refractivity contribution in [2.45, 2.75) is 13.0 Å². The van der Waals surface area contributed by atoms with Gasteiger partial charge in [-0.3, -0.25) is 14.5 Å². The normalized spacial score (nSPS) is 16.5. The van der Waals surface area contributed by atoms with Crippen molar-refractivity contribution in [2.24, 2.45) is 0 Å². The van der Waals surface area contributed by atoms with Gasteiger partial charge in [0.2, 0.25) is 0 Å². The predicted molar refractivity (Wildman–Crippen MR) is 151 cm³/mol. The van der Waals surface area contributed by atoms with Crippen LogP contribution >= 0.6 is 11.3 Å². The van der Waals surface area contributed by atoms with Gasteiger partial charge in [-0.2, -0.15) is 0 Å². The molecule has 9 heteroatoms. The number of ether oxygens (including phenoxy) is 3. The number of Topliss-reactive ketones (excluding diaryl/α,β-unsaturated/α-hetero) is 1. The summed E-state index contributed by atoms with van der Waals surface area (Å²) in [6.07, 6.45) is 1.63. The number of amides is 1. The first kappa shape index (κ1) is 26.0. The topological polar surface area (TPSA) is 98.2 Å². The Bertz CT molecular complexity index is 1590. The van der Waals surface area contributed by atoms with Crippen LogP contribution in [0.1, 0.15) is 24.1 Å². The summed E-state index contributed by atoms with van der Waals surface area (Å²) in [6, 6.07) is 18.3. The minimum absolute atomic E-state index is 0.0368. The highest BCUT2D eigenvalue weighted by atomic mass is 32.1. The van der Waals surface area contributed by atoms with Crippen LogP contribution in [-0.2, 0) is 9.59 Å². The Labute approximate surface area is 229 Å². The van der Waals surface area contributed by atoms with Gasteiger partial charge in [-0.15, -0.1) is 0 Å². The van der Waals surface area contributed by atoms with Crippen LogP contribution in [0.15, 0.2) is 85.0 Å². The highest BCUT2D eigenvalue weighted by Gasteiger charge is 2.48. The lowest BCUT2D eigenvalue weighted by Gasteiger charge is -2.24. The van der Waals surface area contributed by atoms with Crippen molar-refractivity contribution in [1.82, 2.24) is 4.98 Å². The number of thiazole rings is 1. The fourth-order valence-electron chi connectivity index (χ4n) is 4.45. The second kappa shape index (κ2) is 11.0. The van der Waals surface area contributed by atoms with Crippen LogP contribution in [0.25, 0.3) is 16.0 Å². The van der Waals surface area contributed by atoms with E-state index in [4.69, 9.17) is 14.2 Å². The molecule has 0 spiro atoms. The Morgan fingerprint density at radius 3 is 2.59 bits per heavy atom. The highest BCUT2D eigenvalue weighted by Crippen LogP contribution is 2.46. The summed E-state index contributed by atoms with van der Waals surface area (Å²) in [7, 11) is 1.57. The van der Waals surface area contributed by atoms with Gasteiger partial charge in [0, 0.05) is 5.56 Å². The molecule has 3 aromatic carbocycles. The number of carbonyl (C=O) groups is 2. The first-order chi connectivity index (χ1) is 19.0. The monoisotopic (exact) mass is 542 g/mol. The summed E-state index contributed by atoms with van der Waals surface area (Å²) in [5, 5.41) is 11.7. The number of carbonyl (C=O) groups excluding carboxylic acids is 2. The minimum Gasteiger partial charge on any atom is -0.507 e. The summed E-state index contributed by atoms with van der Waals surface area (Å²) in [6.45, 7) is 6.18. The third-order valence-electron chi connectivity index (χ3n) is 6.22. The molecule has 8 nitrogen and oxygen atoms in total. The first-order valence-electron chi connectivity index (χ1n) is 12.3. The van der Waals surface area contributed by atoms with Gasteiger partial charge in [0.1, 0.15) is 18.1 Å². The van der Waals surface area contributed by atoms with Gasteiger partial charge in [0.05, 0.1) is 35.5 Å². The molecule has 0 radical (unpaired) electrons. The molecular weight excluding hydrogens is 516 g/mol. The predicted octanol–water partition coefficient (Wildman–Crippen LogP) is 5.89. The zero-order chi connectivity index (χ0) is 27.5.